The van der Waals surface area contributed by atoms with Crippen LogP contribution in [0.1, 0.15) is 0 Å². The smallest absolute Gasteiger partial charge is 0.239 e. The van der Waals surface area contributed by atoms with Crippen molar-refractivity contribution >= 4 is 11.0 Å². The Morgan fingerprint density at radius 1 is 0.615 bits per heavy atom. The first-order valence-electron chi connectivity index (χ1n) is 15.9. The molecule has 3 aliphatic heterocycles. The Hall–Kier alpha value is -3.71. The van der Waals surface area contributed by atoms with Gasteiger partial charge in [0.25, 0.3) is 0 Å². The Bertz CT molecular complexity index is 1750. The fraction of sp³-hybridized carbons (Fsp3) is 0.531. The van der Waals surface area contributed by atoms with Crippen molar-refractivity contribution in [1.29, 1.82) is 0 Å². The molecule has 3 aromatic rings. The first-order valence-corrected chi connectivity index (χ1v) is 15.9. The third-order valence-corrected chi connectivity index (χ3v) is 8.98. The van der Waals surface area contributed by atoms with E-state index in [9.17, 15) is 66.1 Å². The third kappa shape index (κ3) is 7.02. The highest BCUT2D eigenvalue weighted by atomic mass is 16.7. The van der Waals surface area contributed by atoms with Crippen LogP contribution in [0.4, 0.5) is 0 Å². The van der Waals surface area contributed by atoms with Crippen LogP contribution in [0, 0.1) is 0 Å². The molecule has 52 heavy (non-hydrogen) atoms. The van der Waals surface area contributed by atoms with Crippen molar-refractivity contribution in [3.63, 3.8) is 0 Å². The van der Waals surface area contributed by atoms with Crippen molar-refractivity contribution in [3.05, 3.63) is 46.6 Å². The monoisotopic (exact) mass is 742 g/mol. The first-order chi connectivity index (χ1) is 24.8. The van der Waals surface area contributed by atoms with Crippen molar-refractivity contribution in [2.24, 2.45) is 0 Å². The number of hydrogen-bond acceptors (Lipinski definition) is 20. The lowest BCUT2D eigenvalue weighted by molar-refractivity contribution is -0.352. The molecule has 0 aliphatic carbocycles. The largest absolute Gasteiger partial charge is 0.508 e. The van der Waals surface area contributed by atoms with E-state index in [-0.39, 0.29) is 28.4 Å². The Morgan fingerprint density at radius 2 is 1.15 bits per heavy atom. The van der Waals surface area contributed by atoms with Gasteiger partial charge in [-0.05, 0) is 24.3 Å². The summed E-state index contributed by atoms with van der Waals surface area (Å²) in [4.78, 5) is 14.0. The van der Waals surface area contributed by atoms with E-state index < -0.39 is 128 Å². The molecule has 0 radical (unpaired) electrons. The maximum Gasteiger partial charge on any atom is 0.239 e. The SMILES string of the molecule is O=c1c(OC2OC(CO)C(OC3OC(CO)C(O)C(O)C3O)C(O)C2O)c(-c2ccc(O)cc2)oc2cc(OC3OC(CO)C(O)C3O)cc(O)c12. The highest BCUT2D eigenvalue weighted by Gasteiger charge is 2.51. The summed E-state index contributed by atoms with van der Waals surface area (Å²) in [5.41, 5.74) is -1.21. The van der Waals surface area contributed by atoms with Gasteiger partial charge < -0.3 is 94.1 Å². The summed E-state index contributed by atoms with van der Waals surface area (Å²) >= 11 is 0. The number of benzene rings is 2. The second-order valence-corrected chi connectivity index (χ2v) is 12.4. The lowest BCUT2D eigenvalue weighted by atomic mass is 9.97. The van der Waals surface area contributed by atoms with E-state index >= 15 is 0 Å². The molecule has 14 atom stereocenters. The Kier molecular flexibility index (Phi) is 11.2. The maximum atomic E-state index is 14.0. The molecule has 12 N–H and O–H groups in total. The average Bonchev–Trinajstić information content (AvgIpc) is 3.40. The van der Waals surface area contributed by atoms with E-state index in [1.807, 2.05) is 0 Å². The van der Waals surface area contributed by atoms with Gasteiger partial charge in [0.05, 0.1) is 19.8 Å². The number of phenolic OH excluding ortho intramolecular Hbond substituents is 2. The van der Waals surface area contributed by atoms with Crippen LogP contribution in [-0.2, 0) is 18.9 Å². The summed E-state index contributed by atoms with van der Waals surface area (Å²) in [6, 6.07) is 7.29. The van der Waals surface area contributed by atoms with Crippen LogP contribution in [0.25, 0.3) is 22.3 Å². The molecule has 0 spiro atoms. The van der Waals surface area contributed by atoms with Crippen LogP contribution in [0.5, 0.6) is 23.0 Å². The van der Waals surface area contributed by atoms with Crippen LogP contribution < -0.4 is 14.9 Å². The predicted molar refractivity (Wildman–Crippen MR) is 167 cm³/mol. The molecule has 20 nitrogen and oxygen atoms in total. The molecule has 1 aromatic heterocycles. The van der Waals surface area contributed by atoms with Gasteiger partial charge in [-0.1, -0.05) is 0 Å². The average molecular weight is 743 g/mol. The lowest BCUT2D eigenvalue weighted by Crippen LogP contribution is -2.65. The molecule has 2 aromatic carbocycles. The van der Waals surface area contributed by atoms with E-state index in [2.05, 4.69) is 0 Å². The van der Waals surface area contributed by atoms with Crippen molar-refractivity contribution in [1.82, 2.24) is 0 Å². The molecule has 14 unspecified atom stereocenters. The highest BCUT2D eigenvalue weighted by molar-refractivity contribution is 5.88. The van der Waals surface area contributed by atoms with Crippen molar-refractivity contribution < 1.29 is 94.1 Å². The summed E-state index contributed by atoms with van der Waals surface area (Å²) in [6.45, 7) is -2.32. The normalized spacial score (nSPS) is 36.6. The third-order valence-electron chi connectivity index (χ3n) is 8.98. The quantitative estimate of drug-likeness (QED) is 0.0934. The molecule has 3 fully saturated rings. The fourth-order valence-corrected chi connectivity index (χ4v) is 6.10. The maximum absolute atomic E-state index is 14.0. The van der Waals surface area contributed by atoms with Gasteiger partial charge in [-0.25, -0.2) is 0 Å². The van der Waals surface area contributed by atoms with Gasteiger partial charge in [0, 0.05) is 17.7 Å². The minimum absolute atomic E-state index is 0.120. The molecule has 3 saturated heterocycles. The molecule has 0 saturated carbocycles. The number of aromatic hydroxyl groups is 2. The molecular weight excluding hydrogens is 704 g/mol. The van der Waals surface area contributed by atoms with Crippen LogP contribution in [-0.4, -0.2) is 167 Å². The van der Waals surface area contributed by atoms with Gasteiger partial charge >= 0.3 is 0 Å². The molecule has 4 heterocycles. The number of phenols is 2. The van der Waals surface area contributed by atoms with Gasteiger partial charge in [-0.3, -0.25) is 4.79 Å². The summed E-state index contributed by atoms with van der Waals surface area (Å²) in [5.74, 6) is -2.09. The topological polar surface area (TPSA) is 328 Å². The molecule has 20 heteroatoms. The predicted octanol–water partition coefficient (Wildman–Crippen LogP) is -4.31. The van der Waals surface area contributed by atoms with Crippen LogP contribution in [0.3, 0.4) is 0 Å². The number of hydrogen-bond donors (Lipinski definition) is 12. The van der Waals surface area contributed by atoms with Gasteiger partial charge in [0.1, 0.15) is 95.4 Å². The second-order valence-electron chi connectivity index (χ2n) is 12.4. The van der Waals surface area contributed by atoms with Crippen molar-refractivity contribution in [2.45, 2.75) is 86.0 Å². The molecule has 0 bridgehead atoms. The molecular formula is C32H38O20. The van der Waals surface area contributed by atoms with Crippen molar-refractivity contribution in [3.8, 4) is 34.3 Å². The van der Waals surface area contributed by atoms with Crippen molar-refractivity contribution in [2.75, 3.05) is 19.8 Å². The Morgan fingerprint density at radius 3 is 1.79 bits per heavy atom. The van der Waals surface area contributed by atoms with Gasteiger partial charge in [-0.2, -0.15) is 0 Å². The summed E-state index contributed by atoms with van der Waals surface area (Å²) in [7, 11) is 0. The first kappa shape index (κ1) is 38.0. The van der Waals surface area contributed by atoms with Crippen LogP contribution >= 0.6 is 0 Å². The zero-order chi connectivity index (χ0) is 37.6. The zero-order valence-corrected chi connectivity index (χ0v) is 26.8. The molecule has 3 aliphatic rings. The lowest BCUT2D eigenvalue weighted by Gasteiger charge is -2.45. The van der Waals surface area contributed by atoms with Gasteiger partial charge in [-0.15, -0.1) is 0 Å². The fourth-order valence-electron chi connectivity index (χ4n) is 6.10. The Labute approximate surface area is 292 Å². The van der Waals surface area contributed by atoms with E-state index in [1.165, 1.54) is 24.3 Å². The number of aliphatic hydroxyl groups is 10. The highest BCUT2D eigenvalue weighted by Crippen LogP contribution is 2.39. The summed E-state index contributed by atoms with van der Waals surface area (Å²) in [6.07, 6.45) is -23.6. The van der Waals surface area contributed by atoms with E-state index in [4.69, 9.17) is 32.8 Å². The minimum Gasteiger partial charge on any atom is -0.508 e. The number of rotatable bonds is 10. The van der Waals surface area contributed by atoms with E-state index in [0.717, 1.165) is 12.1 Å². The summed E-state index contributed by atoms with van der Waals surface area (Å²) < 4.78 is 39.2. The van der Waals surface area contributed by atoms with E-state index in [1.54, 1.807) is 0 Å². The summed E-state index contributed by atoms with van der Waals surface area (Å²) in [5, 5.41) is 122. The Balaban J connectivity index is 1.32. The minimum atomic E-state index is -2.05. The van der Waals surface area contributed by atoms with Crippen LogP contribution in [0.2, 0.25) is 0 Å². The number of fused-ring (bicyclic) bond motifs is 1. The standard InChI is InChI=1S/C32H38O20/c33-7-15-19(38)22(41)25(44)31(49-15)51-28-17(9-35)50-32(26(45)23(28)42)52-29-21(40)18-13(37)5-12(46-30-24(43)20(39)16(8-34)48-30)6-14(18)47-27(29)10-1-3-11(36)4-2-10/h1-6,15-17,19-20,22-26,28,30-39,41-45H,7-9H2. The number of aliphatic hydroxyl groups excluding tert-OH is 10. The second kappa shape index (κ2) is 15.3. The van der Waals surface area contributed by atoms with Gasteiger partial charge in [0.15, 0.2) is 12.1 Å². The van der Waals surface area contributed by atoms with Gasteiger partial charge in [0.2, 0.25) is 23.8 Å². The van der Waals surface area contributed by atoms with Crippen LogP contribution in [0.15, 0.2) is 45.6 Å². The zero-order valence-electron chi connectivity index (χ0n) is 26.8. The number of ether oxygens (including phenoxy) is 6. The molecule has 286 valence electrons. The van der Waals surface area contributed by atoms with E-state index in [0.29, 0.717) is 0 Å². The molecule has 0 amide bonds. The molecule has 6 rings (SSSR count).